The molecular weight excluding hydrogens is 519 g/mol. The van der Waals surface area contributed by atoms with Crippen molar-refractivity contribution in [2.24, 2.45) is 22.7 Å². The van der Waals surface area contributed by atoms with Crippen LogP contribution in [0.5, 0.6) is 0 Å². The highest BCUT2D eigenvalue weighted by Gasteiger charge is 2.46. The first kappa shape index (κ1) is 30.5. The highest BCUT2D eigenvalue weighted by molar-refractivity contribution is 6.28. The fraction of sp³-hybridized carbons (Fsp3) is 0.607. The quantitative estimate of drug-likeness (QED) is 0.186. The van der Waals surface area contributed by atoms with Crippen molar-refractivity contribution in [1.29, 1.82) is 0 Å². The van der Waals surface area contributed by atoms with E-state index in [9.17, 15) is 32.3 Å². The van der Waals surface area contributed by atoms with Gasteiger partial charge in [0.15, 0.2) is 5.78 Å². The van der Waals surface area contributed by atoms with Gasteiger partial charge in [0, 0.05) is 17.4 Å². The van der Waals surface area contributed by atoms with Crippen molar-refractivity contribution in [2.75, 3.05) is 13.2 Å². The van der Waals surface area contributed by atoms with Crippen molar-refractivity contribution in [3.05, 3.63) is 40.4 Å². The number of halogens is 3. The number of Topliss-reactive ketones (excluding diaryl/α,β-unsaturated/α-hetero) is 2. The Bertz CT molecular complexity index is 1190. The largest absolute Gasteiger partial charge is 0.463 e. The van der Waals surface area contributed by atoms with Gasteiger partial charge in [-0.3, -0.25) is 19.2 Å². The average Bonchev–Trinajstić information content (AvgIpc) is 3.26. The third-order valence-electron chi connectivity index (χ3n) is 6.53. The van der Waals surface area contributed by atoms with Crippen molar-refractivity contribution in [2.45, 2.75) is 73.6 Å². The molecule has 0 aliphatic heterocycles. The molecule has 0 radical (unpaired) electrons. The molecule has 3 rings (SSSR count). The molecule has 1 saturated carbocycles. The summed E-state index contributed by atoms with van der Waals surface area (Å²) < 4.78 is 56.4. The van der Waals surface area contributed by atoms with Crippen LogP contribution in [0.4, 0.5) is 13.2 Å². The van der Waals surface area contributed by atoms with Gasteiger partial charge in [-0.15, -0.1) is 0 Å². The van der Waals surface area contributed by atoms with Crippen LogP contribution in [0.3, 0.4) is 0 Å². The maximum absolute atomic E-state index is 13.7. The molecule has 2 aliphatic carbocycles. The normalized spacial score (nSPS) is 19.8. The van der Waals surface area contributed by atoms with Crippen LogP contribution >= 0.6 is 0 Å². The lowest BCUT2D eigenvalue weighted by Crippen LogP contribution is -2.32. The van der Waals surface area contributed by atoms with Gasteiger partial charge in [-0.05, 0) is 72.9 Å². The second-order valence-corrected chi connectivity index (χ2v) is 11.9. The maximum atomic E-state index is 13.7. The zero-order valence-corrected chi connectivity index (χ0v) is 23.0. The van der Waals surface area contributed by atoms with Gasteiger partial charge >= 0.3 is 18.1 Å². The predicted octanol–water partition coefficient (Wildman–Crippen LogP) is 5.23. The first-order valence-electron chi connectivity index (χ1n) is 12.8. The summed E-state index contributed by atoms with van der Waals surface area (Å²) >= 11 is 0. The summed E-state index contributed by atoms with van der Waals surface area (Å²) in [5.41, 5.74) is -3.81. The SMILES string of the molecule is CC(C)(C)C(=O)OCCOCc1nc(C(F)(F)F)ccc1C(=O)C1=C(OC(=O)C(C)(C)C)C2CCC(C2)C1=O. The van der Waals surface area contributed by atoms with Gasteiger partial charge < -0.3 is 14.2 Å². The van der Waals surface area contributed by atoms with Crippen LogP contribution in [0, 0.1) is 22.7 Å². The topological polar surface area (TPSA) is 109 Å². The number of alkyl halides is 3. The lowest BCUT2D eigenvalue weighted by molar-refractivity contribution is -0.154. The predicted molar refractivity (Wildman–Crippen MR) is 132 cm³/mol. The number of hydrogen-bond donors (Lipinski definition) is 0. The number of nitrogens with zero attached hydrogens (tertiary/aromatic N) is 1. The van der Waals surface area contributed by atoms with Gasteiger partial charge in [0.2, 0.25) is 5.78 Å². The number of allylic oxidation sites excluding steroid dienone is 2. The van der Waals surface area contributed by atoms with E-state index in [-0.39, 0.29) is 41.7 Å². The van der Waals surface area contributed by atoms with Crippen molar-refractivity contribution in [1.82, 2.24) is 4.98 Å². The molecule has 0 N–H and O–H groups in total. The van der Waals surface area contributed by atoms with Crippen molar-refractivity contribution < 1.29 is 46.6 Å². The summed E-state index contributed by atoms with van der Waals surface area (Å²) in [6.07, 6.45) is -3.28. The molecule has 2 unspecified atom stereocenters. The minimum absolute atomic E-state index is 0.0282. The highest BCUT2D eigenvalue weighted by Crippen LogP contribution is 2.45. The number of rotatable bonds is 8. The molecule has 2 bridgehead atoms. The van der Waals surface area contributed by atoms with Gasteiger partial charge in [0.1, 0.15) is 23.6 Å². The Kier molecular flexibility index (Phi) is 8.74. The molecule has 1 fully saturated rings. The summed E-state index contributed by atoms with van der Waals surface area (Å²) in [6.45, 7) is 9.08. The Labute approximate surface area is 225 Å². The smallest absolute Gasteiger partial charge is 0.433 e. The summed E-state index contributed by atoms with van der Waals surface area (Å²) in [4.78, 5) is 55.2. The molecule has 0 spiro atoms. The van der Waals surface area contributed by atoms with E-state index in [1.165, 1.54) is 0 Å². The number of aromatic nitrogens is 1. The second-order valence-electron chi connectivity index (χ2n) is 11.9. The lowest BCUT2D eigenvalue weighted by atomic mass is 9.82. The fourth-order valence-corrected chi connectivity index (χ4v) is 4.29. The van der Waals surface area contributed by atoms with E-state index in [1.54, 1.807) is 41.5 Å². The van der Waals surface area contributed by atoms with Gasteiger partial charge in [0.05, 0.1) is 29.7 Å². The van der Waals surface area contributed by atoms with E-state index in [4.69, 9.17) is 14.2 Å². The molecule has 0 amide bonds. The molecule has 214 valence electrons. The summed E-state index contributed by atoms with van der Waals surface area (Å²) in [5, 5.41) is 0. The summed E-state index contributed by atoms with van der Waals surface area (Å²) in [7, 11) is 0. The Morgan fingerprint density at radius 3 is 2.13 bits per heavy atom. The number of fused-ring (bicyclic) bond motifs is 2. The molecule has 1 aromatic heterocycles. The number of hydrogen-bond acceptors (Lipinski definition) is 8. The Balaban J connectivity index is 1.93. The summed E-state index contributed by atoms with van der Waals surface area (Å²) in [5.74, 6) is -3.24. The van der Waals surface area contributed by atoms with Crippen LogP contribution in [0.1, 0.15) is 82.6 Å². The number of ether oxygens (including phenoxy) is 3. The molecule has 2 aliphatic rings. The molecule has 11 heteroatoms. The molecule has 8 nitrogen and oxygen atoms in total. The monoisotopic (exact) mass is 553 g/mol. The number of esters is 2. The molecule has 1 aromatic rings. The van der Waals surface area contributed by atoms with Crippen molar-refractivity contribution in [3.8, 4) is 0 Å². The highest BCUT2D eigenvalue weighted by atomic mass is 19.4. The lowest BCUT2D eigenvalue weighted by Gasteiger charge is -2.27. The van der Waals surface area contributed by atoms with E-state index in [1.807, 2.05) is 0 Å². The van der Waals surface area contributed by atoms with Gasteiger partial charge in [0.25, 0.3) is 0 Å². The number of carbonyl (C=O) groups is 4. The number of pyridine rings is 1. The van der Waals surface area contributed by atoms with Crippen LogP contribution in [-0.4, -0.2) is 41.7 Å². The number of carbonyl (C=O) groups excluding carboxylic acids is 4. The van der Waals surface area contributed by atoms with Crippen LogP contribution < -0.4 is 0 Å². The molecule has 39 heavy (non-hydrogen) atoms. The van der Waals surface area contributed by atoms with Crippen molar-refractivity contribution in [3.63, 3.8) is 0 Å². The Morgan fingerprint density at radius 1 is 0.923 bits per heavy atom. The van der Waals surface area contributed by atoms with Crippen molar-refractivity contribution >= 4 is 23.5 Å². The molecule has 2 atom stereocenters. The zero-order chi connectivity index (χ0) is 29.3. The Morgan fingerprint density at radius 2 is 1.54 bits per heavy atom. The van der Waals surface area contributed by atoms with E-state index in [2.05, 4.69) is 4.98 Å². The van der Waals surface area contributed by atoms with Gasteiger partial charge in [-0.25, -0.2) is 4.98 Å². The van der Waals surface area contributed by atoms with E-state index in [0.717, 1.165) is 6.07 Å². The number of ketones is 2. The first-order chi connectivity index (χ1) is 17.9. The minimum Gasteiger partial charge on any atom is -0.463 e. The third kappa shape index (κ3) is 7.12. The minimum atomic E-state index is -4.79. The maximum Gasteiger partial charge on any atom is 0.433 e. The average molecular weight is 554 g/mol. The molecule has 0 aromatic carbocycles. The zero-order valence-electron chi connectivity index (χ0n) is 23.0. The molecular formula is C28H34F3NO7. The van der Waals surface area contributed by atoms with Crippen LogP contribution in [0.25, 0.3) is 0 Å². The van der Waals surface area contributed by atoms with E-state index in [0.29, 0.717) is 25.3 Å². The van der Waals surface area contributed by atoms with Gasteiger partial charge in [-0.2, -0.15) is 13.2 Å². The van der Waals surface area contributed by atoms with Crippen LogP contribution in [0.2, 0.25) is 0 Å². The van der Waals surface area contributed by atoms with Gasteiger partial charge in [-0.1, -0.05) is 0 Å². The van der Waals surface area contributed by atoms with E-state index >= 15 is 0 Å². The Hall–Kier alpha value is -3.08. The summed E-state index contributed by atoms with van der Waals surface area (Å²) in [6, 6.07) is 1.61. The second kappa shape index (κ2) is 11.2. The standard InChI is InChI=1S/C28H34F3NO7/c1-26(2,3)24(35)38-12-11-37-14-18-17(9-10-19(32-18)28(29,30)31)22(34)20-21(33)15-7-8-16(13-15)23(20)39-25(36)27(4,5)6/h9-10,15-16H,7-8,11-14H2,1-6H3. The third-order valence-corrected chi connectivity index (χ3v) is 6.53. The van der Waals surface area contributed by atoms with E-state index < -0.39 is 58.7 Å². The first-order valence-corrected chi connectivity index (χ1v) is 12.8. The van der Waals surface area contributed by atoms with Crippen LogP contribution in [-0.2, 0) is 41.4 Å². The molecule has 1 heterocycles. The fourth-order valence-electron chi connectivity index (χ4n) is 4.29. The van der Waals surface area contributed by atoms with Crippen LogP contribution in [0.15, 0.2) is 23.5 Å². The molecule has 0 saturated heterocycles.